The van der Waals surface area contributed by atoms with E-state index in [2.05, 4.69) is 81.9 Å². The van der Waals surface area contributed by atoms with Crippen molar-refractivity contribution in [2.24, 2.45) is 0 Å². The van der Waals surface area contributed by atoms with Crippen LogP contribution in [0.3, 0.4) is 0 Å². The molecule has 1 aromatic heterocycles. The molecule has 0 saturated carbocycles. The van der Waals surface area contributed by atoms with Crippen LogP contribution in [0.15, 0.2) is 42.4 Å². The van der Waals surface area contributed by atoms with Gasteiger partial charge < -0.3 is 19.8 Å². The molecule has 0 unspecified atom stereocenters. The molecule has 0 radical (unpaired) electrons. The van der Waals surface area contributed by atoms with Crippen LogP contribution in [-0.4, -0.2) is 30.2 Å². The lowest BCUT2D eigenvalue weighted by Crippen LogP contribution is -2.22. The summed E-state index contributed by atoms with van der Waals surface area (Å²) in [4.78, 5) is 4.59. The van der Waals surface area contributed by atoms with Crippen LogP contribution in [0.1, 0.15) is 23.2 Å². The van der Waals surface area contributed by atoms with Gasteiger partial charge in [0.05, 0.1) is 23.7 Å². The van der Waals surface area contributed by atoms with Crippen molar-refractivity contribution in [3.05, 3.63) is 59.2 Å². The average Bonchev–Trinajstić information content (AvgIpc) is 3.18. The fraction of sp³-hybridized carbons (Fsp3) is 0.263. The predicted molar refractivity (Wildman–Crippen MR) is 97.3 cm³/mol. The van der Waals surface area contributed by atoms with Gasteiger partial charge in [0, 0.05) is 23.9 Å². The number of anilines is 1. The molecule has 3 aliphatic rings. The van der Waals surface area contributed by atoms with Gasteiger partial charge in [0.1, 0.15) is 5.82 Å². The molecular formula is C19H21N5. The number of allylic oxidation sites excluding steroid dienone is 2. The first-order valence-corrected chi connectivity index (χ1v) is 8.39. The van der Waals surface area contributed by atoms with Crippen molar-refractivity contribution in [1.82, 2.24) is 20.3 Å². The fourth-order valence-electron chi connectivity index (χ4n) is 4.03. The third-order valence-electron chi connectivity index (χ3n) is 4.94. The molecule has 0 bridgehead atoms. The second kappa shape index (κ2) is 5.00. The van der Waals surface area contributed by atoms with Gasteiger partial charge in [-0.2, -0.15) is 0 Å². The van der Waals surface area contributed by atoms with Crippen LogP contribution >= 0.6 is 0 Å². The molecule has 1 aromatic carbocycles. The molecule has 5 heteroatoms. The number of nitrogens with one attached hydrogen (secondary N) is 2. The van der Waals surface area contributed by atoms with Crippen molar-refractivity contribution < 1.29 is 0 Å². The molecule has 5 rings (SSSR count). The van der Waals surface area contributed by atoms with E-state index in [1.165, 1.54) is 39.6 Å². The first-order chi connectivity index (χ1) is 11.7. The van der Waals surface area contributed by atoms with Gasteiger partial charge in [0.25, 0.3) is 0 Å². The lowest BCUT2D eigenvalue weighted by atomic mass is 9.99. The van der Waals surface area contributed by atoms with E-state index >= 15 is 0 Å². The van der Waals surface area contributed by atoms with E-state index in [-0.39, 0.29) is 0 Å². The van der Waals surface area contributed by atoms with Gasteiger partial charge in [-0.15, -0.1) is 0 Å². The zero-order valence-corrected chi connectivity index (χ0v) is 14.0. The molecule has 1 fully saturated rings. The van der Waals surface area contributed by atoms with E-state index in [9.17, 15) is 0 Å². The minimum Gasteiger partial charge on any atom is -0.314 e. The molecule has 24 heavy (non-hydrogen) atoms. The highest BCUT2D eigenvalue weighted by Crippen LogP contribution is 2.43. The third-order valence-corrected chi connectivity index (χ3v) is 4.94. The molecule has 5 nitrogen and oxygen atoms in total. The number of hydrazine groups is 1. The normalized spacial score (nSPS) is 17.5. The van der Waals surface area contributed by atoms with Gasteiger partial charge in [-0.3, -0.25) is 0 Å². The van der Waals surface area contributed by atoms with Crippen molar-refractivity contribution in [3.63, 3.8) is 0 Å². The van der Waals surface area contributed by atoms with E-state index in [1.807, 2.05) is 0 Å². The molecule has 3 heterocycles. The fourth-order valence-corrected chi connectivity index (χ4v) is 4.03. The largest absolute Gasteiger partial charge is 0.314 e. The maximum atomic E-state index is 3.39. The summed E-state index contributed by atoms with van der Waals surface area (Å²) >= 11 is 0. The summed E-state index contributed by atoms with van der Waals surface area (Å²) in [7, 11) is 4.25. The van der Waals surface area contributed by atoms with E-state index in [4.69, 9.17) is 0 Å². The van der Waals surface area contributed by atoms with Crippen LogP contribution < -0.4 is 15.8 Å². The molecule has 2 N–H and O–H groups in total. The van der Waals surface area contributed by atoms with E-state index in [1.54, 1.807) is 0 Å². The standard InChI is InChI=1S/C19H21N5/c1-22(2)11-14-6-4-8-16-18(14)23-10-9-13-5-3-7-15(17(13)23)19-21-20-12-24(16)19/h3-6,8-10,20-21H,7,11-12H2,1-2H3. The van der Waals surface area contributed by atoms with E-state index in [0.29, 0.717) is 0 Å². The number of nitrogens with zero attached hydrogens (tertiary/aromatic N) is 3. The molecule has 0 atom stereocenters. The van der Waals surface area contributed by atoms with Crippen molar-refractivity contribution in [2.45, 2.75) is 13.0 Å². The van der Waals surface area contributed by atoms with Crippen LogP contribution in [0, 0.1) is 0 Å². The molecule has 122 valence electrons. The van der Waals surface area contributed by atoms with E-state index < -0.39 is 0 Å². The molecule has 0 amide bonds. The number of aromatic nitrogens is 1. The number of hydrogen-bond donors (Lipinski definition) is 2. The van der Waals surface area contributed by atoms with Crippen molar-refractivity contribution in [3.8, 4) is 5.69 Å². The lowest BCUT2D eigenvalue weighted by Gasteiger charge is -2.23. The number of benzene rings is 1. The maximum Gasteiger partial charge on any atom is 0.127 e. The molecular weight excluding hydrogens is 298 g/mol. The SMILES string of the molecule is CN(C)Cc1cccc2c1-n1ccc3c1C(=C1NNCN12)CC=C3. The molecule has 1 aliphatic carbocycles. The Bertz CT molecular complexity index is 887. The number of hydrogen-bond acceptors (Lipinski definition) is 4. The second-order valence-corrected chi connectivity index (χ2v) is 6.83. The molecule has 0 spiro atoms. The highest BCUT2D eigenvalue weighted by atomic mass is 15.6. The van der Waals surface area contributed by atoms with Crippen LogP contribution in [-0.2, 0) is 6.54 Å². The summed E-state index contributed by atoms with van der Waals surface area (Å²) in [5.74, 6) is 1.18. The smallest absolute Gasteiger partial charge is 0.127 e. The Balaban J connectivity index is 1.85. The summed E-state index contributed by atoms with van der Waals surface area (Å²) in [6.45, 7) is 1.70. The third kappa shape index (κ3) is 1.82. The Kier molecular flexibility index (Phi) is 2.89. The summed E-state index contributed by atoms with van der Waals surface area (Å²) < 4.78 is 2.38. The highest BCUT2D eigenvalue weighted by Gasteiger charge is 2.32. The quantitative estimate of drug-likeness (QED) is 0.892. The Labute approximate surface area is 141 Å². The summed E-state index contributed by atoms with van der Waals surface area (Å²) in [6, 6.07) is 8.85. The van der Waals surface area contributed by atoms with Gasteiger partial charge in [0.2, 0.25) is 0 Å². The highest BCUT2D eigenvalue weighted by molar-refractivity contribution is 5.87. The van der Waals surface area contributed by atoms with Crippen LogP contribution in [0.25, 0.3) is 17.3 Å². The minimum atomic E-state index is 0.779. The maximum absolute atomic E-state index is 3.39. The van der Waals surface area contributed by atoms with Crippen molar-refractivity contribution >= 4 is 17.3 Å². The summed E-state index contributed by atoms with van der Waals surface area (Å²) in [5, 5.41) is 0. The number of fused-ring (bicyclic) bond motifs is 4. The number of para-hydroxylation sites is 1. The van der Waals surface area contributed by atoms with Crippen LogP contribution in [0.5, 0.6) is 0 Å². The molecule has 2 aliphatic heterocycles. The van der Waals surface area contributed by atoms with Gasteiger partial charge in [-0.05, 0) is 38.2 Å². The first-order valence-electron chi connectivity index (χ1n) is 8.39. The zero-order valence-electron chi connectivity index (χ0n) is 14.0. The average molecular weight is 319 g/mol. The van der Waals surface area contributed by atoms with E-state index in [0.717, 1.165) is 19.6 Å². The summed E-state index contributed by atoms with van der Waals surface area (Å²) in [6.07, 6.45) is 7.66. The Hall–Kier alpha value is -2.50. The van der Waals surface area contributed by atoms with Gasteiger partial charge in [-0.25, -0.2) is 5.43 Å². The van der Waals surface area contributed by atoms with Crippen LogP contribution in [0.2, 0.25) is 0 Å². The first kappa shape index (κ1) is 13.9. The van der Waals surface area contributed by atoms with Crippen molar-refractivity contribution in [1.29, 1.82) is 0 Å². The van der Waals surface area contributed by atoms with Crippen molar-refractivity contribution in [2.75, 3.05) is 25.7 Å². The van der Waals surface area contributed by atoms with Gasteiger partial charge in [0.15, 0.2) is 0 Å². The minimum absolute atomic E-state index is 0.779. The monoisotopic (exact) mass is 319 g/mol. The topological polar surface area (TPSA) is 35.5 Å². The van der Waals surface area contributed by atoms with Gasteiger partial charge >= 0.3 is 0 Å². The Morgan fingerprint density at radius 3 is 3.00 bits per heavy atom. The Morgan fingerprint density at radius 1 is 1.21 bits per heavy atom. The zero-order chi connectivity index (χ0) is 16.3. The Morgan fingerprint density at radius 2 is 2.12 bits per heavy atom. The molecule has 2 aromatic rings. The second-order valence-electron chi connectivity index (χ2n) is 6.83. The molecule has 1 saturated heterocycles. The van der Waals surface area contributed by atoms with Gasteiger partial charge in [-0.1, -0.05) is 24.3 Å². The predicted octanol–water partition coefficient (Wildman–Crippen LogP) is 2.51. The lowest BCUT2D eigenvalue weighted by molar-refractivity contribution is 0.402. The summed E-state index contributed by atoms with van der Waals surface area (Å²) in [5.41, 5.74) is 14.5. The van der Waals surface area contributed by atoms with Crippen LogP contribution in [0.4, 0.5) is 5.69 Å². The number of rotatable bonds is 2.